The second-order valence-electron chi connectivity index (χ2n) is 5.34. The van der Waals surface area contributed by atoms with E-state index in [-0.39, 0.29) is 0 Å². The number of nitrogens with two attached hydrogens (primary N) is 1. The maximum Gasteiger partial charge on any atom is 0.0297 e. The van der Waals surface area contributed by atoms with Gasteiger partial charge in [-0.2, -0.15) is 0 Å². The molecule has 3 rings (SSSR count). The summed E-state index contributed by atoms with van der Waals surface area (Å²) in [5, 5.41) is 0. The molecule has 3 fully saturated rings. The van der Waals surface area contributed by atoms with Crippen LogP contribution < -0.4 is 5.73 Å². The van der Waals surface area contributed by atoms with Gasteiger partial charge in [-0.15, -0.1) is 0 Å². The summed E-state index contributed by atoms with van der Waals surface area (Å²) in [5.74, 6) is 0. The van der Waals surface area contributed by atoms with Crippen LogP contribution in [-0.4, -0.2) is 30.1 Å². The first kappa shape index (κ1) is 8.25. The SMILES string of the molecule is NC1CN(C2CCCC23CCC3)C1. The van der Waals surface area contributed by atoms with Crippen LogP contribution in [0.2, 0.25) is 0 Å². The Morgan fingerprint density at radius 2 is 1.77 bits per heavy atom. The Morgan fingerprint density at radius 1 is 1.08 bits per heavy atom. The van der Waals surface area contributed by atoms with Crippen LogP contribution in [0.5, 0.6) is 0 Å². The highest BCUT2D eigenvalue weighted by Crippen LogP contribution is 2.55. The zero-order valence-electron chi connectivity index (χ0n) is 8.34. The molecule has 2 nitrogen and oxygen atoms in total. The predicted octanol–water partition coefficient (Wildman–Crippen LogP) is 1.35. The summed E-state index contributed by atoms with van der Waals surface area (Å²) in [7, 11) is 0. The minimum absolute atomic E-state index is 0.484. The van der Waals surface area contributed by atoms with Gasteiger partial charge in [0.25, 0.3) is 0 Å². The normalized spacial score (nSPS) is 39.0. The Morgan fingerprint density at radius 3 is 2.31 bits per heavy atom. The van der Waals surface area contributed by atoms with Gasteiger partial charge in [0.1, 0.15) is 0 Å². The molecule has 2 heteroatoms. The summed E-state index contributed by atoms with van der Waals surface area (Å²) in [6.07, 6.45) is 8.91. The van der Waals surface area contributed by atoms with Crippen LogP contribution in [0.4, 0.5) is 0 Å². The Hall–Kier alpha value is -0.0800. The maximum absolute atomic E-state index is 5.84. The number of nitrogens with zero attached hydrogens (tertiary/aromatic N) is 1. The second kappa shape index (κ2) is 2.71. The van der Waals surface area contributed by atoms with Crippen molar-refractivity contribution in [2.45, 2.75) is 50.6 Å². The van der Waals surface area contributed by atoms with Gasteiger partial charge in [-0.25, -0.2) is 0 Å². The van der Waals surface area contributed by atoms with Crippen molar-refractivity contribution in [3.63, 3.8) is 0 Å². The number of hydrogen-bond donors (Lipinski definition) is 1. The van der Waals surface area contributed by atoms with Crippen LogP contribution in [0.15, 0.2) is 0 Å². The zero-order chi connectivity index (χ0) is 8.89. The monoisotopic (exact) mass is 180 g/mol. The van der Waals surface area contributed by atoms with E-state index in [9.17, 15) is 0 Å². The molecule has 3 aliphatic rings. The van der Waals surface area contributed by atoms with Gasteiger partial charge in [-0.1, -0.05) is 12.8 Å². The molecule has 1 saturated heterocycles. The van der Waals surface area contributed by atoms with Crippen molar-refractivity contribution in [1.82, 2.24) is 4.90 Å². The summed E-state index contributed by atoms with van der Waals surface area (Å²) in [6.45, 7) is 2.35. The van der Waals surface area contributed by atoms with E-state index in [0.29, 0.717) is 6.04 Å². The third-order valence-electron chi connectivity index (χ3n) is 4.59. The topological polar surface area (TPSA) is 29.3 Å². The molecular weight excluding hydrogens is 160 g/mol. The number of likely N-dealkylation sites (tertiary alicyclic amines) is 1. The minimum atomic E-state index is 0.484. The van der Waals surface area contributed by atoms with Gasteiger partial charge >= 0.3 is 0 Å². The van der Waals surface area contributed by atoms with Gasteiger partial charge in [0.15, 0.2) is 0 Å². The molecule has 0 aromatic rings. The van der Waals surface area contributed by atoms with E-state index in [4.69, 9.17) is 5.73 Å². The van der Waals surface area contributed by atoms with Crippen molar-refractivity contribution in [3.05, 3.63) is 0 Å². The van der Waals surface area contributed by atoms with E-state index < -0.39 is 0 Å². The second-order valence-corrected chi connectivity index (χ2v) is 5.34. The summed E-state index contributed by atoms with van der Waals surface area (Å²) >= 11 is 0. The summed E-state index contributed by atoms with van der Waals surface area (Å²) in [6, 6.07) is 1.40. The first-order valence-corrected chi connectivity index (χ1v) is 5.80. The molecule has 1 unspecified atom stereocenters. The van der Waals surface area contributed by atoms with Crippen molar-refractivity contribution in [2.24, 2.45) is 11.1 Å². The summed E-state index contributed by atoms with van der Waals surface area (Å²) in [5.41, 5.74) is 6.61. The Balaban J connectivity index is 1.69. The molecule has 13 heavy (non-hydrogen) atoms. The fourth-order valence-corrected chi connectivity index (χ4v) is 3.71. The standard InChI is InChI=1S/C11H20N2/c12-9-7-13(8-9)10-3-1-4-11(10)5-2-6-11/h9-10H,1-8,12H2. The molecule has 0 radical (unpaired) electrons. The molecule has 2 N–H and O–H groups in total. The van der Waals surface area contributed by atoms with Crippen molar-refractivity contribution < 1.29 is 0 Å². The van der Waals surface area contributed by atoms with Crippen molar-refractivity contribution in [1.29, 1.82) is 0 Å². The van der Waals surface area contributed by atoms with E-state index in [1.54, 1.807) is 0 Å². The Bertz CT molecular complexity index is 204. The van der Waals surface area contributed by atoms with Gasteiger partial charge in [0.2, 0.25) is 0 Å². The zero-order valence-corrected chi connectivity index (χ0v) is 8.34. The minimum Gasteiger partial charge on any atom is -0.325 e. The molecule has 2 aliphatic carbocycles. The van der Waals surface area contributed by atoms with Gasteiger partial charge in [0.05, 0.1) is 0 Å². The Labute approximate surface area is 80.5 Å². The maximum atomic E-state index is 5.84. The van der Waals surface area contributed by atoms with E-state index >= 15 is 0 Å². The lowest BCUT2D eigenvalue weighted by atomic mass is 9.64. The average molecular weight is 180 g/mol. The molecule has 0 aromatic heterocycles. The quantitative estimate of drug-likeness (QED) is 0.660. The molecule has 1 aliphatic heterocycles. The first-order chi connectivity index (χ1) is 6.30. The first-order valence-electron chi connectivity index (χ1n) is 5.80. The smallest absolute Gasteiger partial charge is 0.0297 e. The molecule has 1 spiro atoms. The molecule has 2 saturated carbocycles. The lowest BCUT2D eigenvalue weighted by Gasteiger charge is -2.52. The number of hydrogen-bond acceptors (Lipinski definition) is 2. The van der Waals surface area contributed by atoms with Crippen molar-refractivity contribution in [2.75, 3.05) is 13.1 Å². The third kappa shape index (κ3) is 1.08. The van der Waals surface area contributed by atoms with E-state index in [0.717, 1.165) is 11.5 Å². The van der Waals surface area contributed by atoms with Crippen LogP contribution in [0.3, 0.4) is 0 Å². The molecular formula is C11H20N2. The van der Waals surface area contributed by atoms with Crippen LogP contribution in [-0.2, 0) is 0 Å². The van der Waals surface area contributed by atoms with Gasteiger partial charge in [-0.3, -0.25) is 4.90 Å². The summed E-state index contributed by atoms with van der Waals surface area (Å²) < 4.78 is 0. The van der Waals surface area contributed by atoms with Crippen LogP contribution in [0, 0.1) is 5.41 Å². The third-order valence-corrected chi connectivity index (χ3v) is 4.59. The van der Waals surface area contributed by atoms with Gasteiger partial charge in [-0.05, 0) is 31.1 Å². The largest absolute Gasteiger partial charge is 0.325 e. The van der Waals surface area contributed by atoms with E-state index in [2.05, 4.69) is 4.90 Å². The van der Waals surface area contributed by atoms with Crippen LogP contribution in [0.1, 0.15) is 38.5 Å². The van der Waals surface area contributed by atoms with Crippen molar-refractivity contribution >= 4 is 0 Å². The summed E-state index contributed by atoms with van der Waals surface area (Å²) in [4.78, 5) is 2.65. The fraction of sp³-hybridized carbons (Fsp3) is 1.00. The highest BCUT2D eigenvalue weighted by atomic mass is 15.3. The number of rotatable bonds is 1. The molecule has 1 atom stereocenters. The van der Waals surface area contributed by atoms with Crippen LogP contribution in [0.25, 0.3) is 0 Å². The highest BCUT2D eigenvalue weighted by Gasteiger charge is 2.50. The predicted molar refractivity (Wildman–Crippen MR) is 53.5 cm³/mol. The lowest BCUT2D eigenvalue weighted by molar-refractivity contribution is -0.0170. The van der Waals surface area contributed by atoms with Gasteiger partial charge < -0.3 is 5.73 Å². The molecule has 0 aromatic carbocycles. The van der Waals surface area contributed by atoms with E-state index in [1.165, 1.54) is 51.6 Å². The molecule has 74 valence electrons. The fourth-order valence-electron chi connectivity index (χ4n) is 3.71. The van der Waals surface area contributed by atoms with E-state index in [1.807, 2.05) is 0 Å². The molecule has 1 heterocycles. The van der Waals surface area contributed by atoms with Gasteiger partial charge in [0, 0.05) is 25.2 Å². The lowest BCUT2D eigenvalue weighted by Crippen LogP contribution is -2.62. The average Bonchev–Trinajstić information content (AvgIpc) is 2.40. The molecule has 0 amide bonds. The van der Waals surface area contributed by atoms with Crippen molar-refractivity contribution in [3.8, 4) is 0 Å². The van der Waals surface area contributed by atoms with Crippen LogP contribution >= 0.6 is 0 Å². The molecule has 0 bridgehead atoms. The highest BCUT2D eigenvalue weighted by molar-refractivity contribution is 5.05. The Kier molecular flexibility index (Phi) is 1.72.